The summed E-state index contributed by atoms with van der Waals surface area (Å²) in [4.78, 5) is 0. The van der Waals surface area contributed by atoms with Gasteiger partial charge in [0.05, 0.1) is 10.5 Å². The smallest absolute Gasteiger partial charge is 0.137 e. The molecule has 0 saturated heterocycles. The first-order chi connectivity index (χ1) is 9.61. The summed E-state index contributed by atoms with van der Waals surface area (Å²) in [6, 6.07) is 13.4. The minimum Gasteiger partial charge on any atom is -0.306 e. The summed E-state index contributed by atoms with van der Waals surface area (Å²) in [7, 11) is 0. The summed E-state index contributed by atoms with van der Waals surface area (Å²) in [5.74, 6) is -0.233. The maximum absolute atomic E-state index is 13.8. The van der Waals surface area contributed by atoms with Crippen LogP contribution in [0.2, 0.25) is 0 Å². The van der Waals surface area contributed by atoms with Gasteiger partial charge in [0, 0.05) is 4.47 Å². The summed E-state index contributed by atoms with van der Waals surface area (Å²) in [6.07, 6.45) is 1.03. The molecule has 1 atom stereocenters. The first-order valence-corrected chi connectivity index (χ1v) is 8.14. The molecule has 4 heteroatoms. The molecule has 0 amide bonds. The molecule has 0 radical (unpaired) electrons. The first-order valence-electron chi connectivity index (χ1n) is 6.55. The second kappa shape index (κ2) is 7.34. The zero-order valence-electron chi connectivity index (χ0n) is 11.2. The fourth-order valence-electron chi connectivity index (χ4n) is 2.06. The molecule has 106 valence electrons. The van der Waals surface area contributed by atoms with Gasteiger partial charge in [0.25, 0.3) is 0 Å². The van der Waals surface area contributed by atoms with Crippen molar-refractivity contribution in [2.24, 2.45) is 0 Å². The lowest BCUT2D eigenvalue weighted by Gasteiger charge is -2.20. The Kier molecular flexibility index (Phi) is 5.75. The molecule has 2 aromatic carbocycles. The second-order valence-corrected chi connectivity index (χ2v) is 6.38. The molecule has 20 heavy (non-hydrogen) atoms. The van der Waals surface area contributed by atoms with Gasteiger partial charge in [-0.3, -0.25) is 0 Å². The third-order valence-corrected chi connectivity index (χ3v) is 4.25. The van der Waals surface area contributed by atoms with Crippen LogP contribution in [0.3, 0.4) is 0 Å². The molecule has 1 unspecified atom stereocenters. The topological polar surface area (TPSA) is 12.0 Å². The van der Waals surface area contributed by atoms with Gasteiger partial charge in [-0.2, -0.15) is 0 Å². The number of nitrogens with one attached hydrogen (secondary N) is 1. The summed E-state index contributed by atoms with van der Waals surface area (Å²) in [6.45, 7) is 3.01. The summed E-state index contributed by atoms with van der Waals surface area (Å²) in [5.41, 5.74) is 2.06. The van der Waals surface area contributed by atoms with Gasteiger partial charge < -0.3 is 5.32 Å². The van der Waals surface area contributed by atoms with Crippen LogP contribution in [0.15, 0.2) is 51.4 Å². The van der Waals surface area contributed by atoms with Crippen LogP contribution < -0.4 is 5.32 Å². The van der Waals surface area contributed by atoms with Crippen LogP contribution in [-0.2, 0) is 0 Å². The van der Waals surface area contributed by atoms with Crippen LogP contribution in [0.25, 0.3) is 0 Å². The molecular formula is C16H16Br2FN. The quantitative estimate of drug-likeness (QED) is 0.704. The lowest BCUT2D eigenvalue weighted by Crippen LogP contribution is -2.23. The SMILES string of the molecule is CCCNC(c1ccc(Br)cc1)c1ccc(Br)c(F)c1. The van der Waals surface area contributed by atoms with Crippen LogP contribution >= 0.6 is 31.9 Å². The van der Waals surface area contributed by atoms with Crippen molar-refractivity contribution in [1.29, 1.82) is 0 Å². The fourth-order valence-corrected chi connectivity index (χ4v) is 2.57. The van der Waals surface area contributed by atoms with Crippen LogP contribution in [0, 0.1) is 5.82 Å². The summed E-state index contributed by atoms with van der Waals surface area (Å²) >= 11 is 6.63. The standard InChI is InChI=1S/C16H16Br2FN/c1-2-9-20-16(11-3-6-13(17)7-4-11)12-5-8-14(18)15(19)10-12/h3-8,10,16,20H,2,9H2,1H3. The molecule has 0 aliphatic heterocycles. The zero-order valence-corrected chi connectivity index (χ0v) is 14.3. The van der Waals surface area contributed by atoms with Crippen molar-refractivity contribution < 1.29 is 4.39 Å². The average Bonchev–Trinajstić information content (AvgIpc) is 2.45. The Hall–Kier alpha value is -0.710. The van der Waals surface area contributed by atoms with Crippen LogP contribution in [0.5, 0.6) is 0 Å². The number of hydrogen-bond acceptors (Lipinski definition) is 1. The molecule has 0 aliphatic carbocycles. The van der Waals surface area contributed by atoms with Crippen molar-refractivity contribution in [2.75, 3.05) is 6.54 Å². The molecular weight excluding hydrogens is 385 g/mol. The van der Waals surface area contributed by atoms with E-state index in [0.717, 1.165) is 28.6 Å². The van der Waals surface area contributed by atoms with Gasteiger partial charge in [-0.25, -0.2) is 4.39 Å². The van der Waals surface area contributed by atoms with E-state index in [9.17, 15) is 4.39 Å². The van der Waals surface area contributed by atoms with Crippen LogP contribution in [0.4, 0.5) is 4.39 Å². The molecule has 0 aromatic heterocycles. The van der Waals surface area contributed by atoms with Crippen molar-refractivity contribution >= 4 is 31.9 Å². The Morgan fingerprint density at radius 2 is 1.70 bits per heavy atom. The van der Waals surface area contributed by atoms with Crippen LogP contribution in [-0.4, -0.2) is 6.54 Å². The minimum atomic E-state index is -0.233. The van der Waals surface area contributed by atoms with E-state index < -0.39 is 0 Å². The van der Waals surface area contributed by atoms with E-state index in [1.54, 1.807) is 12.1 Å². The number of halogens is 3. The third kappa shape index (κ3) is 3.90. The fraction of sp³-hybridized carbons (Fsp3) is 0.250. The molecule has 0 spiro atoms. The van der Waals surface area contributed by atoms with Crippen LogP contribution in [0.1, 0.15) is 30.5 Å². The predicted molar refractivity (Wildman–Crippen MR) is 88.4 cm³/mol. The third-order valence-electron chi connectivity index (χ3n) is 3.08. The normalized spacial score (nSPS) is 12.4. The monoisotopic (exact) mass is 399 g/mol. The average molecular weight is 401 g/mol. The Morgan fingerprint density at radius 1 is 1.05 bits per heavy atom. The predicted octanol–water partition coefficient (Wildman–Crippen LogP) is 5.44. The van der Waals surface area contributed by atoms with Crippen molar-refractivity contribution in [3.05, 3.63) is 68.4 Å². The van der Waals surface area contributed by atoms with Gasteiger partial charge in [-0.1, -0.05) is 41.1 Å². The van der Waals surface area contributed by atoms with Gasteiger partial charge in [-0.15, -0.1) is 0 Å². The van der Waals surface area contributed by atoms with Crippen molar-refractivity contribution in [1.82, 2.24) is 5.32 Å². The van der Waals surface area contributed by atoms with Crippen molar-refractivity contribution in [3.8, 4) is 0 Å². The molecule has 0 fully saturated rings. The van der Waals surface area contributed by atoms with Crippen molar-refractivity contribution in [3.63, 3.8) is 0 Å². The molecule has 2 rings (SSSR count). The molecule has 1 N–H and O–H groups in total. The van der Waals surface area contributed by atoms with E-state index in [1.807, 2.05) is 18.2 Å². The largest absolute Gasteiger partial charge is 0.306 e. The minimum absolute atomic E-state index is 0.00523. The molecule has 0 bridgehead atoms. The van der Waals surface area contributed by atoms with Gasteiger partial charge in [-0.05, 0) is 64.3 Å². The van der Waals surface area contributed by atoms with Crippen molar-refractivity contribution in [2.45, 2.75) is 19.4 Å². The van der Waals surface area contributed by atoms with Gasteiger partial charge >= 0.3 is 0 Å². The maximum Gasteiger partial charge on any atom is 0.137 e. The second-order valence-electron chi connectivity index (χ2n) is 4.61. The highest BCUT2D eigenvalue weighted by atomic mass is 79.9. The Bertz CT molecular complexity index is 569. The van der Waals surface area contributed by atoms with E-state index in [0.29, 0.717) is 4.47 Å². The van der Waals surface area contributed by atoms with Gasteiger partial charge in [0.1, 0.15) is 5.82 Å². The Morgan fingerprint density at radius 3 is 2.30 bits per heavy atom. The lowest BCUT2D eigenvalue weighted by atomic mass is 9.98. The molecule has 1 nitrogen and oxygen atoms in total. The Labute approximate surface area is 135 Å². The van der Waals surface area contributed by atoms with Gasteiger partial charge in [0.2, 0.25) is 0 Å². The van der Waals surface area contributed by atoms with E-state index in [1.165, 1.54) is 0 Å². The number of rotatable bonds is 5. The maximum atomic E-state index is 13.8. The highest BCUT2D eigenvalue weighted by Gasteiger charge is 2.14. The number of benzene rings is 2. The van der Waals surface area contributed by atoms with E-state index in [-0.39, 0.29) is 11.9 Å². The molecule has 2 aromatic rings. The molecule has 0 aliphatic rings. The number of hydrogen-bond donors (Lipinski definition) is 1. The highest BCUT2D eigenvalue weighted by molar-refractivity contribution is 9.10. The molecule has 0 saturated carbocycles. The Balaban J connectivity index is 2.35. The first kappa shape index (κ1) is 15.7. The van der Waals surface area contributed by atoms with Gasteiger partial charge in [0.15, 0.2) is 0 Å². The van der Waals surface area contributed by atoms with E-state index >= 15 is 0 Å². The van der Waals surface area contributed by atoms with E-state index in [2.05, 4.69) is 56.2 Å². The lowest BCUT2D eigenvalue weighted by molar-refractivity contribution is 0.583. The summed E-state index contributed by atoms with van der Waals surface area (Å²) in [5, 5.41) is 3.47. The zero-order chi connectivity index (χ0) is 14.5. The highest BCUT2D eigenvalue weighted by Crippen LogP contribution is 2.26. The van der Waals surface area contributed by atoms with E-state index in [4.69, 9.17) is 0 Å². The molecule has 0 heterocycles. The summed E-state index contributed by atoms with van der Waals surface area (Å²) < 4.78 is 15.3.